The minimum absolute atomic E-state index is 0.126. The average molecular weight is 385 g/mol. The van der Waals surface area contributed by atoms with E-state index in [9.17, 15) is 4.39 Å². The van der Waals surface area contributed by atoms with Gasteiger partial charge in [-0.05, 0) is 30.2 Å². The third-order valence-electron chi connectivity index (χ3n) is 4.92. The second kappa shape index (κ2) is 6.78. The first-order valence-corrected chi connectivity index (χ1v) is 9.28. The fourth-order valence-corrected chi connectivity index (χ4v) is 3.26. The molecule has 0 saturated heterocycles. The summed E-state index contributed by atoms with van der Waals surface area (Å²) in [5.41, 5.74) is 4.50. The van der Waals surface area contributed by atoms with Gasteiger partial charge in [-0.3, -0.25) is 0 Å². The van der Waals surface area contributed by atoms with Gasteiger partial charge in [-0.15, -0.1) is 0 Å². The molecule has 0 bridgehead atoms. The van der Waals surface area contributed by atoms with Crippen molar-refractivity contribution in [2.75, 3.05) is 0 Å². The summed E-state index contributed by atoms with van der Waals surface area (Å²) in [6.45, 7) is 15.5. The predicted molar refractivity (Wildman–Crippen MR) is 111 cm³/mol. The van der Waals surface area contributed by atoms with Gasteiger partial charge in [0.1, 0.15) is 5.82 Å². The molecule has 2 aromatic heterocycles. The normalized spacial score (nSPS) is 11.6. The van der Waals surface area contributed by atoms with Gasteiger partial charge in [-0.25, -0.2) is 19.2 Å². The molecular weight excluding hydrogens is 365 g/mol. The smallest absolute Gasteiger partial charge is 0.237 e. The molecule has 0 aliphatic rings. The Hall–Kier alpha value is -3.59. The number of hydrogen-bond acceptors (Lipinski definition) is 3. The molecule has 0 fully saturated rings. The summed E-state index contributed by atoms with van der Waals surface area (Å²) in [5, 5.41) is 4.53. The van der Waals surface area contributed by atoms with Crippen molar-refractivity contribution in [1.29, 1.82) is 0 Å². The molecule has 0 spiro atoms. The van der Waals surface area contributed by atoms with E-state index in [1.54, 1.807) is 29.0 Å². The Morgan fingerprint density at radius 1 is 1.10 bits per heavy atom. The van der Waals surface area contributed by atoms with Crippen LogP contribution in [0.3, 0.4) is 0 Å². The van der Waals surface area contributed by atoms with Crippen LogP contribution >= 0.6 is 0 Å². The average Bonchev–Trinajstić information content (AvgIpc) is 3.11. The Kier molecular flexibility index (Phi) is 4.39. The molecule has 0 aliphatic heterocycles. The minimum Gasteiger partial charge on any atom is -0.237 e. The van der Waals surface area contributed by atoms with Gasteiger partial charge in [0, 0.05) is 16.5 Å². The molecule has 5 nitrogen and oxygen atoms in total. The molecular formula is C23H20FN5. The lowest BCUT2D eigenvalue weighted by Crippen LogP contribution is -2.15. The third-order valence-corrected chi connectivity index (χ3v) is 4.92. The number of aryl methyl sites for hydroxylation is 1. The number of aromatic nitrogens is 4. The summed E-state index contributed by atoms with van der Waals surface area (Å²) < 4.78 is 16.3. The van der Waals surface area contributed by atoms with E-state index in [1.807, 2.05) is 25.1 Å². The van der Waals surface area contributed by atoms with Gasteiger partial charge in [0.05, 0.1) is 30.4 Å². The van der Waals surface area contributed by atoms with Crippen LogP contribution in [0.4, 0.5) is 10.1 Å². The Labute approximate surface area is 168 Å². The van der Waals surface area contributed by atoms with Crippen molar-refractivity contribution in [2.45, 2.75) is 33.1 Å². The van der Waals surface area contributed by atoms with E-state index >= 15 is 0 Å². The van der Waals surface area contributed by atoms with Crippen molar-refractivity contribution < 1.29 is 4.39 Å². The SMILES string of the molecule is [C-]#[N+]c1cccc(F)c1-c1cc(-c2cnc3nc(C(C)(C)C)cnn23)ccc1C. The second-order valence-electron chi connectivity index (χ2n) is 8.02. The number of halogens is 1. The van der Waals surface area contributed by atoms with E-state index in [-0.39, 0.29) is 11.1 Å². The van der Waals surface area contributed by atoms with E-state index in [4.69, 9.17) is 6.57 Å². The van der Waals surface area contributed by atoms with Crippen LogP contribution in [0.15, 0.2) is 48.8 Å². The van der Waals surface area contributed by atoms with Crippen LogP contribution in [-0.4, -0.2) is 19.6 Å². The predicted octanol–water partition coefficient (Wildman–Crippen LogP) is 5.75. The lowest BCUT2D eigenvalue weighted by molar-refractivity contribution is 0.562. The first-order chi connectivity index (χ1) is 13.8. The summed E-state index contributed by atoms with van der Waals surface area (Å²) in [5.74, 6) is 0.105. The van der Waals surface area contributed by atoms with Crippen LogP contribution in [0.1, 0.15) is 32.0 Å². The van der Waals surface area contributed by atoms with Crippen molar-refractivity contribution >= 4 is 11.5 Å². The Morgan fingerprint density at radius 2 is 1.90 bits per heavy atom. The monoisotopic (exact) mass is 385 g/mol. The number of nitrogens with zero attached hydrogens (tertiary/aromatic N) is 5. The Bertz CT molecular complexity index is 1270. The van der Waals surface area contributed by atoms with Crippen molar-refractivity contribution in [3.63, 3.8) is 0 Å². The standard InChI is InChI=1S/C23H20FN5/c1-14-9-10-15(11-16(14)21-17(24)7-6-8-18(21)25-5)19-12-26-22-28-20(23(2,3)4)13-27-29(19)22/h6-13H,1-4H3. The van der Waals surface area contributed by atoms with Gasteiger partial charge in [0.15, 0.2) is 5.69 Å². The molecule has 0 atom stereocenters. The van der Waals surface area contributed by atoms with Crippen molar-refractivity contribution in [2.24, 2.45) is 0 Å². The highest BCUT2D eigenvalue weighted by Gasteiger charge is 2.19. The zero-order chi connectivity index (χ0) is 20.8. The topological polar surface area (TPSA) is 47.4 Å². The largest absolute Gasteiger partial charge is 0.251 e. The summed E-state index contributed by atoms with van der Waals surface area (Å²) in [7, 11) is 0. The first-order valence-electron chi connectivity index (χ1n) is 9.28. The van der Waals surface area contributed by atoms with Gasteiger partial charge in [-0.1, -0.05) is 45.0 Å². The fraction of sp³-hybridized carbons (Fsp3) is 0.217. The minimum atomic E-state index is -0.411. The maximum atomic E-state index is 14.6. The molecule has 0 radical (unpaired) electrons. The van der Waals surface area contributed by atoms with Gasteiger partial charge < -0.3 is 0 Å². The summed E-state index contributed by atoms with van der Waals surface area (Å²) in [6, 6.07) is 10.3. The second-order valence-corrected chi connectivity index (χ2v) is 8.02. The van der Waals surface area contributed by atoms with Crippen LogP contribution < -0.4 is 0 Å². The molecule has 2 aromatic carbocycles. The van der Waals surface area contributed by atoms with Gasteiger partial charge in [0.2, 0.25) is 0 Å². The summed E-state index contributed by atoms with van der Waals surface area (Å²) in [4.78, 5) is 12.5. The van der Waals surface area contributed by atoms with E-state index in [0.717, 1.165) is 22.5 Å². The zero-order valence-electron chi connectivity index (χ0n) is 16.7. The molecule has 0 aliphatic carbocycles. The quantitative estimate of drug-likeness (QED) is 0.413. The van der Waals surface area contributed by atoms with E-state index in [0.29, 0.717) is 16.9 Å². The third kappa shape index (κ3) is 3.25. The molecule has 6 heteroatoms. The number of hydrogen-bond donors (Lipinski definition) is 0. The van der Waals surface area contributed by atoms with Crippen molar-refractivity contribution in [3.8, 4) is 22.4 Å². The number of rotatable bonds is 2. The first kappa shape index (κ1) is 18.8. The number of imidazole rings is 1. The molecule has 4 aromatic rings. The molecule has 29 heavy (non-hydrogen) atoms. The fourth-order valence-electron chi connectivity index (χ4n) is 3.26. The molecule has 144 valence electrons. The van der Waals surface area contributed by atoms with Crippen LogP contribution in [0.2, 0.25) is 0 Å². The van der Waals surface area contributed by atoms with Gasteiger partial charge >= 0.3 is 0 Å². The highest BCUT2D eigenvalue weighted by molar-refractivity contribution is 5.83. The molecule has 0 unspecified atom stereocenters. The van der Waals surface area contributed by atoms with Crippen LogP contribution in [0, 0.1) is 19.3 Å². The molecule has 4 rings (SSSR count). The Balaban J connectivity index is 1.89. The Morgan fingerprint density at radius 3 is 2.62 bits per heavy atom. The number of fused-ring (bicyclic) bond motifs is 1. The van der Waals surface area contributed by atoms with Crippen molar-refractivity contribution in [3.05, 3.63) is 77.3 Å². The van der Waals surface area contributed by atoms with Crippen LogP contribution in [0.25, 0.3) is 33.0 Å². The van der Waals surface area contributed by atoms with Gasteiger partial charge in [-0.2, -0.15) is 9.61 Å². The lowest BCUT2D eigenvalue weighted by Gasteiger charge is -2.16. The summed E-state index contributed by atoms with van der Waals surface area (Å²) >= 11 is 0. The molecule has 0 saturated carbocycles. The zero-order valence-corrected chi connectivity index (χ0v) is 16.7. The number of benzene rings is 2. The van der Waals surface area contributed by atoms with Gasteiger partial charge in [0.25, 0.3) is 5.78 Å². The van der Waals surface area contributed by atoms with E-state index < -0.39 is 5.82 Å². The molecule has 2 heterocycles. The molecule has 0 amide bonds. The molecule has 0 N–H and O–H groups in total. The lowest BCUT2D eigenvalue weighted by atomic mass is 9.93. The highest BCUT2D eigenvalue weighted by atomic mass is 19.1. The summed E-state index contributed by atoms with van der Waals surface area (Å²) in [6.07, 6.45) is 3.47. The maximum Gasteiger partial charge on any atom is 0.251 e. The van der Waals surface area contributed by atoms with E-state index in [2.05, 4.69) is 40.7 Å². The highest BCUT2D eigenvalue weighted by Crippen LogP contribution is 2.37. The maximum absolute atomic E-state index is 14.6. The van der Waals surface area contributed by atoms with E-state index in [1.165, 1.54) is 6.07 Å². The van der Waals surface area contributed by atoms with Crippen molar-refractivity contribution in [1.82, 2.24) is 19.6 Å². The van der Waals surface area contributed by atoms with Crippen LogP contribution in [-0.2, 0) is 5.41 Å². The van der Waals surface area contributed by atoms with Crippen LogP contribution in [0.5, 0.6) is 0 Å².